The Bertz CT molecular complexity index is 463. The quantitative estimate of drug-likeness (QED) is 0.688. The molecule has 0 atom stereocenters. The summed E-state index contributed by atoms with van der Waals surface area (Å²) in [7, 11) is 0. The Balaban J connectivity index is 2.71. The van der Waals surface area contributed by atoms with Crippen LogP contribution in [0.25, 0.3) is 11.0 Å². The molecule has 3 heteroatoms. The van der Waals surface area contributed by atoms with Gasteiger partial charge in [-0.2, -0.15) is 0 Å². The number of aromatic nitrogens is 3. The minimum absolute atomic E-state index is 0.493. The van der Waals surface area contributed by atoms with Crippen molar-refractivity contribution < 1.29 is 0 Å². The van der Waals surface area contributed by atoms with E-state index in [-0.39, 0.29) is 0 Å². The second kappa shape index (κ2) is 3.33. The zero-order valence-electron chi connectivity index (χ0n) is 8.65. The van der Waals surface area contributed by atoms with Gasteiger partial charge in [-0.05, 0) is 24.5 Å². The molecule has 0 saturated heterocycles. The summed E-state index contributed by atoms with van der Waals surface area (Å²) < 4.78 is 0. The zero-order chi connectivity index (χ0) is 10.1. The largest absolute Gasteiger partial charge is 0.244 e. The average Bonchev–Trinajstić information content (AvgIpc) is 2.16. The summed E-state index contributed by atoms with van der Waals surface area (Å²) in [6, 6.07) is 2.13. The topological polar surface area (TPSA) is 38.7 Å². The Hall–Kier alpha value is -1.51. The number of rotatable bonds is 1. The van der Waals surface area contributed by atoms with Gasteiger partial charge in [0.25, 0.3) is 0 Å². The van der Waals surface area contributed by atoms with Crippen LogP contribution in [-0.4, -0.2) is 15.0 Å². The predicted octanol–water partition coefficient (Wildman–Crippen LogP) is 2.46. The minimum atomic E-state index is 0.493. The molecule has 0 radical (unpaired) electrons. The smallest absolute Gasteiger partial charge is 0.162 e. The fourth-order valence-electron chi connectivity index (χ4n) is 1.61. The number of hydrogen-bond donors (Lipinski definition) is 0. The van der Waals surface area contributed by atoms with E-state index in [0.29, 0.717) is 5.92 Å². The molecule has 2 aromatic rings. The van der Waals surface area contributed by atoms with Crippen molar-refractivity contribution in [2.75, 3.05) is 0 Å². The van der Waals surface area contributed by atoms with Gasteiger partial charge in [-0.15, -0.1) is 0 Å². The van der Waals surface area contributed by atoms with Crippen molar-refractivity contribution in [3.8, 4) is 0 Å². The molecule has 0 spiro atoms. The van der Waals surface area contributed by atoms with E-state index in [0.717, 1.165) is 16.7 Å². The fraction of sp³-hybridized carbons (Fsp3) is 0.364. The van der Waals surface area contributed by atoms with Crippen LogP contribution in [0.2, 0.25) is 0 Å². The van der Waals surface area contributed by atoms with Crippen LogP contribution in [0.15, 0.2) is 18.6 Å². The minimum Gasteiger partial charge on any atom is -0.244 e. The molecular weight excluding hydrogens is 174 g/mol. The first-order valence-corrected chi connectivity index (χ1v) is 4.75. The first-order valence-electron chi connectivity index (χ1n) is 4.75. The van der Waals surface area contributed by atoms with Gasteiger partial charge in [-0.3, -0.25) is 0 Å². The molecule has 3 nitrogen and oxygen atoms in total. The van der Waals surface area contributed by atoms with E-state index < -0.39 is 0 Å². The van der Waals surface area contributed by atoms with Gasteiger partial charge in [-0.1, -0.05) is 13.8 Å². The van der Waals surface area contributed by atoms with Crippen molar-refractivity contribution in [2.45, 2.75) is 26.7 Å². The fourth-order valence-corrected chi connectivity index (χ4v) is 1.61. The highest BCUT2D eigenvalue weighted by Gasteiger charge is 2.06. The Labute approximate surface area is 83.2 Å². The molecule has 0 aromatic carbocycles. The number of fused-ring (bicyclic) bond motifs is 1. The van der Waals surface area contributed by atoms with Gasteiger partial charge in [0, 0.05) is 17.3 Å². The van der Waals surface area contributed by atoms with Gasteiger partial charge in [0.05, 0.1) is 0 Å². The molecule has 2 heterocycles. The molecule has 2 aromatic heterocycles. The lowest BCUT2D eigenvalue weighted by Crippen LogP contribution is -1.97. The van der Waals surface area contributed by atoms with E-state index in [1.54, 1.807) is 6.20 Å². The van der Waals surface area contributed by atoms with Crippen molar-refractivity contribution in [1.29, 1.82) is 0 Å². The summed E-state index contributed by atoms with van der Waals surface area (Å²) in [6.45, 7) is 6.36. The average molecular weight is 187 g/mol. The van der Waals surface area contributed by atoms with Crippen LogP contribution in [0.3, 0.4) is 0 Å². The summed E-state index contributed by atoms with van der Waals surface area (Å²) in [4.78, 5) is 12.6. The van der Waals surface area contributed by atoms with Crippen LogP contribution in [0, 0.1) is 6.92 Å². The van der Waals surface area contributed by atoms with Crippen LogP contribution in [0.1, 0.15) is 31.0 Å². The molecule has 0 aliphatic heterocycles. The maximum Gasteiger partial charge on any atom is 0.162 e. The first-order chi connectivity index (χ1) is 6.68. The molecule has 0 aliphatic rings. The lowest BCUT2D eigenvalue weighted by molar-refractivity contribution is 0.846. The Morgan fingerprint density at radius 1 is 1.29 bits per heavy atom. The van der Waals surface area contributed by atoms with E-state index in [4.69, 9.17) is 0 Å². The van der Waals surface area contributed by atoms with Gasteiger partial charge < -0.3 is 0 Å². The Morgan fingerprint density at radius 2 is 2.07 bits per heavy atom. The summed E-state index contributed by atoms with van der Waals surface area (Å²) in [6.07, 6.45) is 3.34. The van der Waals surface area contributed by atoms with Crippen molar-refractivity contribution in [1.82, 2.24) is 15.0 Å². The molecule has 0 amide bonds. The van der Waals surface area contributed by atoms with Crippen molar-refractivity contribution >= 4 is 11.0 Å². The third kappa shape index (κ3) is 1.45. The lowest BCUT2D eigenvalue weighted by Gasteiger charge is -2.09. The number of hydrogen-bond acceptors (Lipinski definition) is 3. The molecule has 0 bridgehead atoms. The standard InChI is InChI=1S/C11H13N3/c1-7(2)10-4-9-5-12-6-13-11(9)14-8(10)3/h4-7H,1-3H3. The summed E-state index contributed by atoms with van der Waals surface area (Å²) in [5, 5.41) is 1.02. The summed E-state index contributed by atoms with van der Waals surface area (Å²) in [5.74, 6) is 0.493. The van der Waals surface area contributed by atoms with Crippen LogP contribution in [0.5, 0.6) is 0 Å². The maximum absolute atomic E-state index is 4.45. The van der Waals surface area contributed by atoms with Gasteiger partial charge in [0.15, 0.2) is 5.65 Å². The molecule has 14 heavy (non-hydrogen) atoms. The number of pyridine rings is 1. The van der Waals surface area contributed by atoms with Crippen LogP contribution < -0.4 is 0 Å². The van der Waals surface area contributed by atoms with Crippen LogP contribution in [-0.2, 0) is 0 Å². The summed E-state index contributed by atoms with van der Waals surface area (Å²) in [5.41, 5.74) is 3.11. The van der Waals surface area contributed by atoms with Gasteiger partial charge >= 0.3 is 0 Å². The van der Waals surface area contributed by atoms with Crippen molar-refractivity contribution in [3.63, 3.8) is 0 Å². The van der Waals surface area contributed by atoms with Gasteiger partial charge in [0.2, 0.25) is 0 Å². The second-order valence-electron chi connectivity index (χ2n) is 3.75. The Kier molecular flexibility index (Phi) is 2.15. The van der Waals surface area contributed by atoms with E-state index in [1.165, 1.54) is 11.9 Å². The van der Waals surface area contributed by atoms with Crippen molar-refractivity contribution in [2.24, 2.45) is 0 Å². The van der Waals surface area contributed by atoms with Crippen LogP contribution in [0.4, 0.5) is 0 Å². The highest BCUT2D eigenvalue weighted by molar-refractivity contribution is 5.74. The van der Waals surface area contributed by atoms with E-state index >= 15 is 0 Å². The SMILES string of the molecule is Cc1nc2ncncc2cc1C(C)C. The molecule has 72 valence electrons. The number of aryl methyl sites for hydroxylation is 1. The second-order valence-corrected chi connectivity index (χ2v) is 3.75. The van der Waals surface area contributed by atoms with Crippen LogP contribution >= 0.6 is 0 Å². The number of nitrogens with zero attached hydrogens (tertiary/aromatic N) is 3. The molecule has 2 rings (SSSR count). The highest BCUT2D eigenvalue weighted by Crippen LogP contribution is 2.20. The predicted molar refractivity (Wildman–Crippen MR) is 56.2 cm³/mol. The highest BCUT2D eigenvalue weighted by atomic mass is 14.9. The molecule has 0 unspecified atom stereocenters. The third-order valence-electron chi connectivity index (χ3n) is 2.34. The molecule has 0 saturated carbocycles. The molecule has 0 aliphatic carbocycles. The summed E-state index contributed by atoms with van der Waals surface area (Å²) >= 11 is 0. The maximum atomic E-state index is 4.45. The van der Waals surface area contributed by atoms with Crippen molar-refractivity contribution in [3.05, 3.63) is 29.8 Å². The van der Waals surface area contributed by atoms with E-state index in [2.05, 4.69) is 34.9 Å². The zero-order valence-corrected chi connectivity index (χ0v) is 8.65. The van der Waals surface area contributed by atoms with Gasteiger partial charge in [-0.25, -0.2) is 15.0 Å². The molecular formula is C11H13N3. The van der Waals surface area contributed by atoms with E-state index in [1.807, 2.05) is 6.92 Å². The molecule has 0 N–H and O–H groups in total. The third-order valence-corrected chi connectivity index (χ3v) is 2.34. The lowest BCUT2D eigenvalue weighted by atomic mass is 10.0. The van der Waals surface area contributed by atoms with Gasteiger partial charge in [0.1, 0.15) is 6.33 Å². The monoisotopic (exact) mass is 187 g/mol. The van der Waals surface area contributed by atoms with E-state index in [9.17, 15) is 0 Å². The first kappa shape index (κ1) is 9.06. The molecule has 0 fully saturated rings. The normalized spacial score (nSPS) is 11.1. The Morgan fingerprint density at radius 3 is 2.79 bits per heavy atom.